The molecule has 0 aromatic heterocycles. The van der Waals surface area contributed by atoms with Crippen LogP contribution in [0.5, 0.6) is 0 Å². The van der Waals surface area contributed by atoms with E-state index in [1.54, 1.807) is 11.0 Å². The highest BCUT2D eigenvalue weighted by Crippen LogP contribution is 2.28. The van der Waals surface area contributed by atoms with E-state index in [2.05, 4.69) is 21.2 Å². The summed E-state index contributed by atoms with van der Waals surface area (Å²) in [6, 6.07) is 5.31. The third kappa shape index (κ3) is 6.11. The standard InChI is InChI=1S/C17H24BrFN2O2/c1-17(2,3)23-16(22)21(14-6-7-14)9-8-20-11-12-4-5-13(18)10-15(12)19/h4-5,10,14,20H,6-9,11H2,1-3H3. The van der Waals surface area contributed by atoms with Crippen molar-refractivity contribution in [2.24, 2.45) is 0 Å². The van der Waals surface area contributed by atoms with Crippen molar-refractivity contribution in [3.8, 4) is 0 Å². The van der Waals surface area contributed by atoms with Crippen molar-refractivity contribution in [1.82, 2.24) is 10.2 Å². The molecule has 0 bridgehead atoms. The molecule has 0 heterocycles. The van der Waals surface area contributed by atoms with Crippen molar-refractivity contribution in [2.75, 3.05) is 13.1 Å². The van der Waals surface area contributed by atoms with Crippen LogP contribution in [-0.2, 0) is 11.3 Å². The van der Waals surface area contributed by atoms with Gasteiger partial charge in [-0.2, -0.15) is 0 Å². The largest absolute Gasteiger partial charge is 0.444 e. The fraction of sp³-hybridized carbons (Fsp3) is 0.588. The lowest BCUT2D eigenvalue weighted by Crippen LogP contribution is -2.41. The molecule has 0 saturated heterocycles. The van der Waals surface area contributed by atoms with Crippen molar-refractivity contribution in [3.63, 3.8) is 0 Å². The summed E-state index contributed by atoms with van der Waals surface area (Å²) in [5.74, 6) is -0.238. The number of nitrogens with one attached hydrogen (secondary N) is 1. The predicted molar refractivity (Wildman–Crippen MR) is 91.8 cm³/mol. The number of hydrogen-bond acceptors (Lipinski definition) is 3. The van der Waals surface area contributed by atoms with E-state index in [1.165, 1.54) is 6.07 Å². The third-order valence-corrected chi connectivity index (χ3v) is 3.97. The van der Waals surface area contributed by atoms with Gasteiger partial charge in [0, 0.05) is 35.7 Å². The Morgan fingerprint density at radius 1 is 1.43 bits per heavy atom. The van der Waals surface area contributed by atoms with Crippen molar-refractivity contribution in [2.45, 2.75) is 51.8 Å². The molecule has 1 aliphatic rings. The Hall–Kier alpha value is -1.14. The van der Waals surface area contributed by atoms with Gasteiger partial charge >= 0.3 is 6.09 Å². The van der Waals surface area contributed by atoms with Crippen molar-refractivity contribution in [3.05, 3.63) is 34.1 Å². The fourth-order valence-corrected chi connectivity index (χ4v) is 2.55. The average molecular weight is 387 g/mol. The average Bonchev–Trinajstić information content (AvgIpc) is 3.23. The molecule has 1 aromatic rings. The summed E-state index contributed by atoms with van der Waals surface area (Å²) in [5, 5.41) is 3.19. The first kappa shape index (κ1) is 18.2. The van der Waals surface area contributed by atoms with Crippen molar-refractivity contribution in [1.29, 1.82) is 0 Å². The van der Waals surface area contributed by atoms with Gasteiger partial charge in [-0.1, -0.05) is 22.0 Å². The molecule has 2 rings (SSSR count). The second-order valence-electron chi connectivity index (χ2n) is 6.82. The number of hydrogen-bond donors (Lipinski definition) is 1. The van der Waals surface area contributed by atoms with Crippen molar-refractivity contribution < 1.29 is 13.9 Å². The van der Waals surface area contributed by atoms with Gasteiger partial charge in [0.25, 0.3) is 0 Å². The number of ether oxygens (including phenoxy) is 1. The van der Waals surface area contributed by atoms with E-state index in [0.29, 0.717) is 25.2 Å². The number of nitrogens with zero attached hydrogens (tertiary/aromatic N) is 1. The van der Waals surface area contributed by atoms with E-state index in [1.807, 2.05) is 26.8 Å². The molecule has 1 aromatic carbocycles. The summed E-state index contributed by atoms with van der Waals surface area (Å²) in [6.45, 7) is 7.20. The highest BCUT2D eigenvalue weighted by atomic mass is 79.9. The van der Waals surface area contributed by atoms with Gasteiger partial charge < -0.3 is 15.0 Å². The number of rotatable bonds is 6. The molecule has 0 spiro atoms. The second kappa shape index (κ2) is 7.62. The van der Waals surface area contributed by atoms with E-state index in [4.69, 9.17) is 4.74 Å². The summed E-state index contributed by atoms with van der Waals surface area (Å²) in [5.41, 5.74) is 0.126. The molecule has 6 heteroatoms. The lowest BCUT2D eigenvalue weighted by atomic mass is 10.2. The highest BCUT2D eigenvalue weighted by molar-refractivity contribution is 9.10. The van der Waals surface area contributed by atoms with Crippen LogP contribution >= 0.6 is 15.9 Å². The SMILES string of the molecule is CC(C)(C)OC(=O)N(CCNCc1ccc(Br)cc1F)C1CC1. The number of amides is 1. The van der Waals surface area contributed by atoms with Crippen LogP contribution in [0.2, 0.25) is 0 Å². The van der Waals surface area contributed by atoms with E-state index in [-0.39, 0.29) is 18.0 Å². The molecular formula is C17H24BrFN2O2. The van der Waals surface area contributed by atoms with Gasteiger partial charge in [0.1, 0.15) is 11.4 Å². The molecule has 128 valence electrons. The van der Waals surface area contributed by atoms with Crippen LogP contribution in [0.4, 0.5) is 9.18 Å². The summed E-state index contributed by atoms with van der Waals surface area (Å²) >= 11 is 3.24. The molecule has 0 aliphatic heterocycles. The first-order valence-corrected chi connectivity index (χ1v) is 8.70. The maximum atomic E-state index is 13.7. The minimum absolute atomic E-state index is 0.238. The topological polar surface area (TPSA) is 41.6 Å². The molecule has 0 radical (unpaired) electrons. The first-order chi connectivity index (χ1) is 10.8. The second-order valence-corrected chi connectivity index (χ2v) is 7.73. The van der Waals surface area contributed by atoms with Crippen LogP contribution in [-0.4, -0.2) is 35.7 Å². The Balaban J connectivity index is 1.79. The molecule has 1 fully saturated rings. The monoisotopic (exact) mass is 386 g/mol. The van der Waals surface area contributed by atoms with Crippen LogP contribution in [0.15, 0.2) is 22.7 Å². The molecule has 1 saturated carbocycles. The van der Waals surface area contributed by atoms with Gasteiger partial charge in [0.15, 0.2) is 0 Å². The van der Waals surface area contributed by atoms with Crippen LogP contribution in [0.3, 0.4) is 0 Å². The van der Waals surface area contributed by atoms with E-state index >= 15 is 0 Å². The number of carbonyl (C=O) groups is 1. The molecule has 0 atom stereocenters. The smallest absolute Gasteiger partial charge is 0.410 e. The van der Waals surface area contributed by atoms with Gasteiger partial charge in [-0.25, -0.2) is 9.18 Å². The molecule has 1 aliphatic carbocycles. The summed E-state index contributed by atoms with van der Waals surface area (Å²) in [4.78, 5) is 14.0. The Labute approximate surface area is 145 Å². The fourth-order valence-electron chi connectivity index (χ4n) is 2.22. The summed E-state index contributed by atoms with van der Waals surface area (Å²) < 4.78 is 19.9. The summed E-state index contributed by atoms with van der Waals surface area (Å²) in [6.07, 6.45) is 1.79. The van der Waals surface area contributed by atoms with Gasteiger partial charge in [0.2, 0.25) is 0 Å². The zero-order valence-corrected chi connectivity index (χ0v) is 15.5. The van der Waals surface area contributed by atoms with Crippen LogP contribution in [0.25, 0.3) is 0 Å². The lowest BCUT2D eigenvalue weighted by Gasteiger charge is -2.27. The highest BCUT2D eigenvalue weighted by Gasteiger charge is 2.34. The minimum atomic E-state index is -0.488. The molecular weight excluding hydrogens is 363 g/mol. The van der Waals surface area contributed by atoms with Gasteiger partial charge in [0.05, 0.1) is 0 Å². The quantitative estimate of drug-likeness (QED) is 0.748. The van der Waals surface area contributed by atoms with Gasteiger partial charge in [-0.15, -0.1) is 0 Å². The van der Waals surface area contributed by atoms with Crippen LogP contribution < -0.4 is 5.32 Å². The molecule has 1 N–H and O–H groups in total. The lowest BCUT2D eigenvalue weighted by molar-refractivity contribution is 0.0236. The Kier molecular flexibility index (Phi) is 6.03. The molecule has 1 amide bonds. The van der Waals surface area contributed by atoms with E-state index < -0.39 is 5.60 Å². The molecule has 23 heavy (non-hydrogen) atoms. The number of benzene rings is 1. The normalized spacial score (nSPS) is 14.7. The Bertz CT molecular complexity index is 556. The van der Waals surface area contributed by atoms with Crippen LogP contribution in [0, 0.1) is 5.82 Å². The van der Waals surface area contributed by atoms with E-state index in [9.17, 15) is 9.18 Å². The number of carbonyl (C=O) groups excluding carboxylic acids is 1. The summed E-state index contributed by atoms with van der Waals surface area (Å²) in [7, 11) is 0. The molecule has 4 nitrogen and oxygen atoms in total. The predicted octanol–water partition coefficient (Wildman–Crippen LogP) is 4.08. The van der Waals surface area contributed by atoms with Gasteiger partial charge in [-0.3, -0.25) is 0 Å². The zero-order chi connectivity index (χ0) is 17.0. The van der Waals surface area contributed by atoms with Crippen molar-refractivity contribution >= 4 is 22.0 Å². The third-order valence-electron chi connectivity index (χ3n) is 3.48. The van der Waals surface area contributed by atoms with E-state index in [0.717, 1.165) is 17.3 Å². The minimum Gasteiger partial charge on any atom is -0.444 e. The maximum absolute atomic E-state index is 13.7. The Morgan fingerprint density at radius 3 is 2.70 bits per heavy atom. The maximum Gasteiger partial charge on any atom is 0.410 e. The Morgan fingerprint density at radius 2 is 2.13 bits per heavy atom. The molecule has 0 unspecified atom stereocenters. The van der Waals surface area contributed by atoms with Crippen LogP contribution in [0.1, 0.15) is 39.2 Å². The number of halogens is 2. The van der Waals surface area contributed by atoms with Gasteiger partial charge in [-0.05, 0) is 45.7 Å². The zero-order valence-electron chi connectivity index (χ0n) is 13.9. The first-order valence-electron chi connectivity index (χ1n) is 7.90.